The van der Waals surface area contributed by atoms with E-state index in [1.807, 2.05) is 0 Å². The molecule has 0 aliphatic carbocycles. The Morgan fingerprint density at radius 1 is 1.12 bits per heavy atom. The van der Waals surface area contributed by atoms with E-state index in [9.17, 15) is 33.3 Å². The molecule has 0 saturated carbocycles. The molecule has 3 rings (SSSR count). The number of aliphatic imine (C=N–C) groups is 1. The van der Waals surface area contributed by atoms with Gasteiger partial charge in [-0.25, -0.2) is 23.3 Å². The number of imide groups is 1. The highest BCUT2D eigenvalue weighted by Gasteiger charge is 2.48. The van der Waals surface area contributed by atoms with Crippen molar-refractivity contribution in [2.45, 2.75) is 6.04 Å². The number of urea groups is 1. The van der Waals surface area contributed by atoms with Gasteiger partial charge in [0.1, 0.15) is 11.7 Å². The van der Waals surface area contributed by atoms with Gasteiger partial charge in [-0.15, -0.1) is 0 Å². The molecule has 178 valence electrons. The predicted octanol–water partition coefficient (Wildman–Crippen LogP) is 3.43. The lowest BCUT2D eigenvalue weighted by atomic mass is 9.86. The Hall–Kier alpha value is -4.26. The second kappa shape index (κ2) is 10.1. The van der Waals surface area contributed by atoms with Gasteiger partial charge in [0.2, 0.25) is 0 Å². The van der Waals surface area contributed by atoms with Crippen molar-refractivity contribution in [3.63, 3.8) is 0 Å². The molecule has 3 amide bonds. The Bertz CT molecular complexity index is 1170. The maximum absolute atomic E-state index is 14.0. The minimum absolute atomic E-state index is 0.103. The van der Waals surface area contributed by atoms with Gasteiger partial charge < -0.3 is 14.2 Å². The van der Waals surface area contributed by atoms with Crippen LogP contribution in [0.15, 0.2) is 47.5 Å². The summed E-state index contributed by atoms with van der Waals surface area (Å²) in [5.74, 6) is -4.98. The summed E-state index contributed by atoms with van der Waals surface area (Å²) in [4.78, 5) is 52.8. The summed E-state index contributed by atoms with van der Waals surface area (Å²) >= 11 is 0. The van der Waals surface area contributed by atoms with E-state index in [-0.39, 0.29) is 29.3 Å². The van der Waals surface area contributed by atoms with Crippen molar-refractivity contribution in [2.24, 2.45) is 10.9 Å². The quantitative estimate of drug-likeness (QED) is 0.351. The minimum atomic E-state index is -1.52. The van der Waals surface area contributed by atoms with Crippen LogP contribution in [0.2, 0.25) is 0 Å². The second-order valence-corrected chi connectivity index (χ2v) is 6.93. The molecule has 2 atom stereocenters. The van der Waals surface area contributed by atoms with E-state index in [1.54, 1.807) is 0 Å². The van der Waals surface area contributed by atoms with Gasteiger partial charge in [0, 0.05) is 19.2 Å². The molecule has 1 unspecified atom stereocenters. The van der Waals surface area contributed by atoms with E-state index in [4.69, 9.17) is 14.2 Å². The monoisotopic (exact) mass is 477 g/mol. The number of nitro benzene ring substituents is 1. The molecule has 0 spiro atoms. The third-order valence-corrected chi connectivity index (χ3v) is 4.88. The Morgan fingerprint density at radius 3 is 2.35 bits per heavy atom. The molecule has 0 saturated heterocycles. The van der Waals surface area contributed by atoms with Crippen LogP contribution in [0, 0.1) is 27.7 Å². The van der Waals surface area contributed by atoms with Crippen molar-refractivity contribution in [3.05, 3.63) is 69.8 Å². The van der Waals surface area contributed by atoms with Crippen LogP contribution < -0.4 is 4.74 Å². The molecule has 1 heterocycles. The van der Waals surface area contributed by atoms with E-state index >= 15 is 0 Å². The fourth-order valence-corrected chi connectivity index (χ4v) is 3.37. The molecule has 0 N–H and O–H groups in total. The van der Waals surface area contributed by atoms with Gasteiger partial charge in [0.05, 0.1) is 30.4 Å². The SMILES string of the molecule is COCC1=NC(=O)N(C(=O)Oc2ccc([N+](=O)[O-])cc2)[C@@H](c2ccc(F)c(F)c2)C1C(=O)OC. The number of benzene rings is 2. The molecule has 1 aliphatic heterocycles. The van der Waals surface area contributed by atoms with Crippen LogP contribution in [-0.4, -0.2) is 54.5 Å². The summed E-state index contributed by atoms with van der Waals surface area (Å²) in [7, 11) is 2.34. The summed E-state index contributed by atoms with van der Waals surface area (Å²) in [5, 5.41) is 10.8. The summed E-state index contributed by atoms with van der Waals surface area (Å²) < 4.78 is 42.5. The molecule has 13 heteroatoms. The third kappa shape index (κ3) is 4.88. The number of nitro groups is 1. The molecule has 0 bridgehead atoms. The molecule has 1 aliphatic rings. The highest BCUT2D eigenvalue weighted by atomic mass is 19.2. The van der Waals surface area contributed by atoms with Gasteiger partial charge in [0.25, 0.3) is 5.69 Å². The zero-order chi connectivity index (χ0) is 25.0. The largest absolute Gasteiger partial charge is 0.468 e. The number of ether oxygens (including phenoxy) is 3. The Kier molecular flexibility index (Phi) is 7.26. The number of nitrogens with zero attached hydrogens (tertiary/aromatic N) is 3. The van der Waals surface area contributed by atoms with Crippen LogP contribution >= 0.6 is 0 Å². The fourth-order valence-electron chi connectivity index (χ4n) is 3.37. The smallest absolute Gasteiger partial charge is 0.424 e. The number of amides is 3. The van der Waals surface area contributed by atoms with Crippen molar-refractivity contribution in [1.29, 1.82) is 0 Å². The first-order chi connectivity index (χ1) is 16.2. The van der Waals surface area contributed by atoms with Crippen LogP contribution in [-0.2, 0) is 14.3 Å². The molecule has 0 radical (unpaired) electrons. The highest BCUT2D eigenvalue weighted by molar-refractivity contribution is 6.12. The number of non-ortho nitro benzene ring substituents is 1. The van der Waals surface area contributed by atoms with Crippen LogP contribution in [0.5, 0.6) is 5.75 Å². The number of carbonyl (C=O) groups is 3. The van der Waals surface area contributed by atoms with Gasteiger partial charge >= 0.3 is 18.1 Å². The van der Waals surface area contributed by atoms with Crippen molar-refractivity contribution in [2.75, 3.05) is 20.8 Å². The van der Waals surface area contributed by atoms with E-state index in [0.29, 0.717) is 4.90 Å². The van der Waals surface area contributed by atoms with E-state index < -0.39 is 46.6 Å². The van der Waals surface area contributed by atoms with Crippen molar-refractivity contribution >= 4 is 29.5 Å². The molecule has 0 aromatic heterocycles. The highest BCUT2D eigenvalue weighted by Crippen LogP contribution is 2.36. The minimum Gasteiger partial charge on any atom is -0.468 e. The van der Waals surface area contributed by atoms with E-state index in [1.165, 1.54) is 7.11 Å². The molecule has 2 aromatic carbocycles. The topological polar surface area (TPSA) is 138 Å². The van der Waals surface area contributed by atoms with Gasteiger partial charge in [-0.05, 0) is 29.8 Å². The Morgan fingerprint density at radius 2 is 1.79 bits per heavy atom. The molecule has 2 aromatic rings. The van der Waals surface area contributed by atoms with Gasteiger partial charge in [-0.1, -0.05) is 6.07 Å². The molecular weight excluding hydrogens is 460 g/mol. The predicted molar refractivity (Wildman–Crippen MR) is 110 cm³/mol. The lowest BCUT2D eigenvalue weighted by molar-refractivity contribution is -0.384. The average molecular weight is 477 g/mol. The van der Waals surface area contributed by atoms with Crippen molar-refractivity contribution < 1.29 is 42.3 Å². The van der Waals surface area contributed by atoms with Crippen LogP contribution in [0.4, 0.5) is 24.1 Å². The number of rotatable bonds is 6. The van der Waals surface area contributed by atoms with Gasteiger partial charge in [-0.2, -0.15) is 4.99 Å². The number of methoxy groups -OCH3 is 2. The Labute approximate surface area is 190 Å². The van der Waals surface area contributed by atoms with Gasteiger partial charge in [0.15, 0.2) is 11.6 Å². The summed E-state index contributed by atoms with van der Waals surface area (Å²) in [6, 6.07) is 4.28. The van der Waals surface area contributed by atoms with Crippen LogP contribution in [0.1, 0.15) is 11.6 Å². The molecule has 11 nitrogen and oxygen atoms in total. The number of halogens is 2. The zero-order valence-electron chi connectivity index (χ0n) is 17.8. The van der Waals surface area contributed by atoms with Crippen LogP contribution in [0.3, 0.4) is 0 Å². The molecule has 34 heavy (non-hydrogen) atoms. The maximum Gasteiger partial charge on any atom is 0.424 e. The standard InChI is InChI=1S/C21H17F2N3O8/c1-32-10-16-17(19(27)33-2)18(11-3-8-14(22)15(23)9-11)25(20(28)24-16)21(29)34-13-6-4-12(5-7-13)26(30)31/h3-9,17-18H,10H2,1-2H3/t17?,18-/m0/s1. The van der Waals surface area contributed by atoms with E-state index in [0.717, 1.165) is 49.6 Å². The number of esters is 1. The second-order valence-electron chi connectivity index (χ2n) is 6.93. The van der Waals surface area contributed by atoms with Crippen molar-refractivity contribution in [3.8, 4) is 5.75 Å². The summed E-state index contributed by atoms with van der Waals surface area (Å²) in [5.41, 5.74) is -0.492. The summed E-state index contributed by atoms with van der Waals surface area (Å²) in [6.07, 6.45) is -1.32. The third-order valence-electron chi connectivity index (χ3n) is 4.88. The average Bonchev–Trinajstić information content (AvgIpc) is 2.80. The molecular formula is C21H17F2N3O8. The van der Waals surface area contributed by atoms with Crippen LogP contribution in [0.25, 0.3) is 0 Å². The molecule has 0 fully saturated rings. The number of hydrogen-bond donors (Lipinski definition) is 0. The normalized spacial score (nSPS) is 17.7. The van der Waals surface area contributed by atoms with E-state index in [2.05, 4.69) is 4.99 Å². The van der Waals surface area contributed by atoms with Crippen molar-refractivity contribution in [1.82, 2.24) is 4.90 Å². The zero-order valence-corrected chi connectivity index (χ0v) is 17.8. The lowest BCUT2D eigenvalue weighted by Gasteiger charge is -2.36. The lowest BCUT2D eigenvalue weighted by Crippen LogP contribution is -2.51. The first-order valence-electron chi connectivity index (χ1n) is 9.56. The van der Waals surface area contributed by atoms with Gasteiger partial charge in [-0.3, -0.25) is 14.9 Å². The summed E-state index contributed by atoms with van der Waals surface area (Å²) in [6.45, 7) is -0.295. The fraction of sp³-hybridized carbons (Fsp3) is 0.238. The Balaban J connectivity index is 2.08. The first-order valence-corrected chi connectivity index (χ1v) is 9.56. The number of hydrogen-bond acceptors (Lipinski definition) is 8. The maximum atomic E-state index is 14.0. The first kappa shape index (κ1) is 24.4. The number of carbonyl (C=O) groups excluding carboxylic acids is 3.